The lowest BCUT2D eigenvalue weighted by molar-refractivity contribution is -0.0616. The maximum absolute atomic E-state index is 10.1. The van der Waals surface area contributed by atoms with Gasteiger partial charge in [-0.1, -0.05) is 19.4 Å². The van der Waals surface area contributed by atoms with Crippen LogP contribution in [0.15, 0.2) is 11.6 Å². The molecule has 70 valence electrons. The van der Waals surface area contributed by atoms with Gasteiger partial charge in [-0.2, -0.15) is 0 Å². The molecule has 2 N–H and O–H groups in total. The quantitative estimate of drug-likeness (QED) is 0.618. The molecule has 2 unspecified atom stereocenters. The van der Waals surface area contributed by atoms with E-state index in [0.29, 0.717) is 12.8 Å². The van der Waals surface area contributed by atoms with Crippen LogP contribution in [0, 0.1) is 0 Å². The highest BCUT2D eigenvalue weighted by Gasteiger charge is 2.37. The second kappa shape index (κ2) is 3.58. The molecule has 1 aliphatic carbocycles. The second-order valence-electron chi connectivity index (χ2n) is 3.65. The minimum atomic E-state index is -0.937. The molecule has 0 heterocycles. The summed E-state index contributed by atoms with van der Waals surface area (Å²) in [6.07, 6.45) is 4.60. The zero-order valence-electron chi connectivity index (χ0n) is 7.88. The van der Waals surface area contributed by atoms with Gasteiger partial charge in [0.1, 0.15) is 5.60 Å². The molecule has 0 saturated heterocycles. The first-order chi connectivity index (χ1) is 5.61. The number of aliphatic hydroxyl groups excluding tert-OH is 1. The largest absolute Gasteiger partial charge is 0.390 e. The average Bonchev–Trinajstić information content (AvgIpc) is 2.02. The maximum atomic E-state index is 10.1. The van der Waals surface area contributed by atoms with Crippen LogP contribution < -0.4 is 0 Å². The molecule has 2 nitrogen and oxygen atoms in total. The molecule has 1 aliphatic rings. The minimum Gasteiger partial charge on any atom is -0.390 e. The van der Waals surface area contributed by atoms with Crippen LogP contribution in [0.4, 0.5) is 0 Å². The fourth-order valence-electron chi connectivity index (χ4n) is 1.88. The summed E-state index contributed by atoms with van der Waals surface area (Å²) in [6.45, 7) is 3.92. The van der Waals surface area contributed by atoms with Crippen LogP contribution in [0.1, 0.15) is 39.5 Å². The molecule has 0 aromatic rings. The van der Waals surface area contributed by atoms with Gasteiger partial charge < -0.3 is 10.2 Å². The fourth-order valence-corrected chi connectivity index (χ4v) is 1.88. The molecule has 2 heteroatoms. The number of hydrogen-bond acceptors (Lipinski definition) is 2. The summed E-state index contributed by atoms with van der Waals surface area (Å²) < 4.78 is 0. The fraction of sp³-hybridized carbons (Fsp3) is 0.800. The Bertz CT molecular complexity index is 186. The van der Waals surface area contributed by atoms with Crippen molar-refractivity contribution in [2.24, 2.45) is 0 Å². The molecule has 0 aromatic carbocycles. The molecular weight excluding hydrogens is 152 g/mol. The Morgan fingerprint density at radius 2 is 2.33 bits per heavy atom. The van der Waals surface area contributed by atoms with Gasteiger partial charge in [0.25, 0.3) is 0 Å². The lowest BCUT2D eigenvalue weighted by Crippen LogP contribution is -2.45. The topological polar surface area (TPSA) is 40.5 Å². The molecular formula is C10H18O2. The zero-order chi connectivity index (χ0) is 9.19. The van der Waals surface area contributed by atoms with Gasteiger partial charge in [-0.15, -0.1) is 0 Å². The summed E-state index contributed by atoms with van der Waals surface area (Å²) in [7, 11) is 0. The van der Waals surface area contributed by atoms with Gasteiger partial charge in [-0.25, -0.2) is 0 Å². The first-order valence-corrected chi connectivity index (χ1v) is 4.69. The van der Waals surface area contributed by atoms with Gasteiger partial charge >= 0.3 is 0 Å². The van der Waals surface area contributed by atoms with Crippen molar-refractivity contribution in [2.75, 3.05) is 0 Å². The summed E-state index contributed by atoms with van der Waals surface area (Å²) in [4.78, 5) is 0. The second-order valence-corrected chi connectivity index (χ2v) is 3.65. The van der Waals surface area contributed by atoms with Crippen LogP contribution in [0.2, 0.25) is 0 Å². The van der Waals surface area contributed by atoms with E-state index in [1.807, 2.05) is 19.9 Å². The van der Waals surface area contributed by atoms with E-state index in [-0.39, 0.29) is 0 Å². The summed E-state index contributed by atoms with van der Waals surface area (Å²) in [5.74, 6) is 0. The lowest BCUT2D eigenvalue weighted by atomic mass is 9.79. The monoisotopic (exact) mass is 170 g/mol. The third kappa shape index (κ3) is 1.54. The van der Waals surface area contributed by atoms with Crippen molar-refractivity contribution < 1.29 is 10.2 Å². The minimum absolute atomic E-state index is 0.567. The molecule has 0 saturated carbocycles. The van der Waals surface area contributed by atoms with Crippen LogP contribution in [0.3, 0.4) is 0 Å². The highest BCUT2D eigenvalue weighted by Crippen LogP contribution is 2.32. The average molecular weight is 170 g/mol. The number of hydrogen-bond donors (Lipinski definition) is 2. The van der Waals surface area contributed by atoms with Gasteiger partial charge in [-0.3, -0.25) is 0 Å². The van der Waals surface area contributed by atoms with Gasteiger partial charge in [0.05, 0.1) is 6.10 Å². The van der Waals surface area contributed by atoms with E-state index in [0.717, 1.165) is 18.4 Å². The van der Waals surface area contributed by atoms with Crippen molar-refractivity contribution in [1.82, 2.24) is 0 Å². The Labute approximate surface area is 73.9 Å². The summed E-state index contributed by atoms with van der Waals surface area (Å²) in [6, 6.07) is 0. The van der Waals surface area contributed by atoms with Crippen molar-refractivity contribution in [1.29, 1.82) is 0 Å². The first kappa shape index (κ1) is 9.75. The smallest absolute Gasteiger partial charge is 0.111 e. The molecule has 0 bridgehead atoms. The van der Waals surface area contributed by atoms with Crippen molar-refractivity contribution in [3.63, 3.8) is 0 Å². The van der Waals surface area contributed by atoms with E-state index in [9.17, 15) is 10.2 Å². The van der Waals surface area contributed by atoms with E-state index in [4.69, 9.17) is 0 Å². The summed E-state index contributed by atoms with van der Waals surface area (Å²) in [5, 5.41) is 19.7. The molecule has 2 atom stereocenters. The lowest BCUT2D eigenvalue weighted by Gasteiger charge is -2.36. The van der Waals surface area contributed by atoms with E-state index in [1.54, 1.807) is 0 Å². The van der Waals surface area contributed by atoms with Crippen molar-refractivity contribution in [2.45, 2.75) is 51.2 Å². The van der Waals surface area contributed by atoms with E-state index < -0.39 is 11.7 Å². The van der Waals surface area contributed by atoms with Crippen molar-refractivity contribution in [3.05, 3.63) is 11.6 Å². The van der Waals surface area contributed by atoms with Gasteiger partial charge in [0.15, 0.2) is 0 Å². The van der Waals surface area contributed by atoms with E-state index in [2.05, 4.69) is 0 Å². The highest BCUT2D eigenvalue weighted by atomic mass is 16.3. The van der Waals surface area contributed by atoms with E-state index in [1.165, 1.54) is 0 Å². The maximum Gasteiger partial charge on any atom is 0.111 e. The molecule has 0 fully saturated rings. The van der Waals surface area contributed by atoms with Crippen LogP contribution in [0.25, 0.3) is 0 Å². The normalized spacial score (nSPS) is 36.3. The Hall–Kier alpha value is -0.340. The van der Waals surface area contributed by atoms with Crippen molar-refractivity contribution in [3.8, 4) is 0 Å². The van der Waals surface area contributed by atoms with Gasteiger partial charge in [0.2, 0.25) is 0 Å². The Morgan fingerprint density at radius 1 is 1.67 bits per heavy atom. The van der Waals surface area contributed by atoms with Crippen LogP contribution in [-0.4, -0.2) is 21.9 Å². The Kier molecular flexibility index (Phi) is 2.91. The van der Waals surface area contributed by atoms with Gasteiger partial charge in [0, 0.05) is 0 Å². The molecule has 0 aliphatic heterocycles. The first-order valence-electron chi connectivity index (χ1n) is 4.69. The van der Waals surface area contributed by atoms with Gasteiger partial charge in [-0.05, 0) is 31.8 Å². The SMILES string of the molecule is CCCC1(O)C(C)=CCCC1O. The standard InChI is InChI=1S/C10H18O2/c1-3-7-10(12)8(2)5-4-6-9(10)11/h5,9,11-12H,3-4,6-7H2,1-2H3. The molecule has 0 amide bonds. The molecule has 12 heavy (non-hydrogen) atoms. The molecule has 1 rings (SSSR count). The third-order valence-electron chi connectivity index (χ3n) is 2.76. The highest BCUT2D eigenvalue weighted by molar-refractivity contribution is 5.20. The third-order valence-corrected chi connectivity index (χ3v) is 2.76. The van der Waals surface area contributed by atoms with Crippen LogP contribution in [-0.2, 0) is 0 Å². The van der Waals surface area contributed by atoms with Crippen molar-refractivity contribution >= 4 is 0 Å². The number of aliphatic hydroxyl groups is 2. The number of rotatable bonds is 2. The Balaban J connectivity index is 2.81. The summed E-state index contributed by atoms with van der Waals surface area (Å²) >= 11 is 0. The molecule has 0 radical (unpaired) electrons. The zero-order valence-corrected chi connectivity index (χ0v) is 7.88. The molecule has 0 aromatic heterocycles. The predicted molar refractivity (Wildman–Crippen MR) is 48.9 cm³/mol. The van der Waals surface area contributed by atoms with E-state index >= 15 is 0 Å². The predicted octanol–water partition coefficient (Wildman–Crippen LogP) is 1.62. The van der Waals surface area contributed by atoms with Crippen LogP contribution >= 0.6 is 0 Å². The van der Waals surface area contributed by atoms with Crippen LogP contribution in [0.5, 0.6) is 0 Å². The molecule has 0 spiro atoms. The number of allylic oxidation sites excluding steroid dienone is 1. The Morgan fingerprint density at radius 3 is 2.83 bits per heavy atom. The summed E-state index contributed by atoms with van der Waals surface area (Å²) in [5.41, 5.74) is -0.00407.